The van der Waals surface area contributed by atoms with Crippen molar-refractivity contribution in [2.24, 2.45) is 5.92 Å². The van der Waals surface area contributed by atoms with Crippen LogP contribution in [0, 0.1) is 5.92 Å². The number of carbonyl (C=O) groups is 1. The predicted molar refractivity (Wildman–Crippen MR) is 89.1 cm³/mol. The average Bonchev–Trinajstić information content (AvgIpc) is 3.32. The van der Waals surface area contributed by atoms with Crippen LogP contribution in [0.2, 0.25) is 0 Å². The Morgan fingerprint density at radius 1 is 1.36 bits per heavy atom. The van der Waals surface area contributed by atoms with Crippen LogP contribution in [0.25, 0.3) is 0 Å². The van der Waals surface area contributed by atoms with Crippen molar-refractivity contribution in [1.82, 2.24) is 15.0 Å². The summed E-state index contributed by atoms with van der Waals surface area (Å²) in [6, 6.07) is 0.106. The van der Waals surface area contributed by atoms with E-state index in [1.807, 2.05) is 11.8 Å². The van der Waals surface area contributed by atoms with Crippen LogP contribution >= 0.6 is 0 Å². The van der Waals surface area contributed by atoms with Crippen molar-refractivity contribution in [1.29, 1.82) is 0 Å². The first-order valence-corrected chi connectivity index (χ1v) is 9.49. The fraction of sp³-hybridized carbons (Fsp3) is 0.833. The molecule has 1 aromatic rings. The molecule has 5 rings (SSSR count). The summed E-state index contributed by atoms with van der Waals surface area (Å²) in [5, 5.41) is 4.31. The molecule has 3 unspecified atom stereocenters. The van der Waals surface area contributed by atoms with E-state index in [0.717, 1.165) is 57.3 Å². The van der Waals surface area contributed by atoms with Crippen molar-refractivity contribution in [3.63, 3.8) is 0 Å². The van der Waals surface area contributed by atoms with E-state index in [1.54, 1.807) is 0 Å². The van der Waals surface area contributed by atoms with Crippen LogP contribution in [0.15, 0.2) is 4.52 Å². The highest BCUT2D eigenvalue weighted by Gasteiger charge is 2.47. The van der Waals surface area contributed by atoms with Gasteiger partial charge < -0.3 is 18.9 Å². The molecule has 7 heteroatoms. The molecule has 2 aliphatic heterocycles. The second kappa shape index (κ2) is 6.59. The Hall–Kier alpha value is -1.63. The highest BCUT2D eigenvalue weighted by atomic mass is 16.5. The second-order valence-corrected chi connectivity index (χ2v) is 7.57. The highest BCUT2D eigenvalue weighted by molar-refractivity contribution is 5.68. The summed E-state index contributed by atoms with van der Waals surface area (Å²) in [5.74, 6) is 1.96. The normalized spacial score (nSPS) is 30.6. The standard InChI is InChI=1S/C18H27N3O4/c1-3-24-18(8-4-5-9-18)16-19-15(20-25-16)13-10-12-6-7-14(13)21(11-12)17(22)23-2/h12-14H,3-11H2,1-2H3. The van der Waals surface area contributed by atoms with Crippen LogP contribution in [0.5, 0.6) is 0 Å². The van der Waals surface area contributed by atoms with E-state index in [4.69, 9.17) is 19.0 Å². The molecule has 0 radical (unpaired) electrons. The topological polar surface area (TPSA) is 77.7 Å². The van der Waals surface area contributed by atoms with Crippen molar-refractivity contribution < 1.29 is 18.8 Å². The summed E-state index contributed by atoms with van der Waals surface area (Å²) < 4.78 is 16.7. The van der Waals surface area contributed by atoms with Crippen molar-refractivity contribution in [3.8, 4) is 0 Å². The van der Waals surface area contributed by atoms with Gasteiger partial charge in [-0.1, -0.05) is 5.16 Å². The van der Waals surface area contributed by atoms with Crippen LogP contribution in [-0.2, 0) is 15.1 Å². The summed E-state index contributed by atoms with van der Waals surface area (Å²) in [6.07, 6.45) is 7.03. The molecule has 7 nitrogen and oxygen atoms in total. The lowest BCUT2D eigenvalue weighted by Crippen LogP contribution is -2.54. The number of aromatic nitrogens is 2. The third-order valence-electron chi connectivity index (χ3n) is 6.18. The minimum Gasteiger partial charge on any atom is -0.453 e. The number of fused-ring (bicyclic) bond motifs is 3. The largest absolute Gasteiger partial charge is 0.453 e. The summed E-state index contributed by atoms with van der Waals surface area (Å²) in [4.78, 5) is 18.7. The number of rotatable bonds is 4. The lowest BCUT2D eigenvalue weighted by molar-refractivity contribution is -0.0610. The Labute approximate surface area is 148 Å². The molecule has 2 aliphatic carbocycles. The molecule has 0 aromatic carbocycles. The number of ether oxygens (including phenoxy) is 2. The first-order valence-electron chi connectivity index (χ1n) is 9.49. The van der Waals surface area contributed by atoms with Gasteiger partial charge in [-0.2, -0.15) is 4.98 Å². The second-order valence-electron chi connectivity index (χ2n) is 7.57. The first-order chi connectivity index (χ1) is 12.2. The third-order valence-corrected chi connectivity index (χ3v) is 6.18. The fourth-order valence-electron chi connectivity index (χ4n) is 5.01. The summed E-state index contributed by atoms with van der Waals surface area (Å²) >= 11 is 0. The molecule has 0 N–H and O–H groups in total. The Morgan fingerprint density at radius 3 is 2.84 bits per heavy atom. The number of piperidine rings is 2. The van der Waals surface area contributed by atoms with E-state index < -0.39 is 5.60 Å². The molecule has 138 valence electrons. The molecular weight excluding hydrogens is 322 g/mol. The highest BCUT2D eigenvalue weighted by Crippen LogP contribution is 2.45. The molecule has 2 bridgehead atoms. The van der Waals surface area contributed by atoms with Gasteiger partial charge in [-0.3, -0.25) is 0 Å². The van der Waals surface area contributed by atoms with Crippen LogP contribution in [0.3, 0.4) is 0 Å². The van der Waals surface area contributed by atoms with Gasteiger partial charge in [-0.05, 0) is 57.8 Å². The van der Waals surface area contributed by atoms with E-state index in [1.165, 1.54) is 7.11 Å². The van der Waals surface area contributed by atoms with Gasteiger partial charge in [0.2, 0.25) is 0 Å². The number of hydrogen-bond acceptors (Lipinski definition) is 6. The molecule has 2 saturated carbocycles. The molecule has 4 aliphatic rings. The average molecular weight is 349 g/mol. The summed E-state index contributed by atoms with van der Waals surface area (Å²) in [5.41, 5.74) is -0.407. The lowest BCUT2D eigenvalue weighted by atomic mass is 9.72. The van der Waals surface area contributed by atoms with Crippen LogP contribution in [0.1, 0.15) is 69.5 Å². The summed E-state index contributed by atoms with van der Waals surface area (Å²) in [7, 11) is 1.44. The Kier molecular flexibility index (Phi) is 4.43. The zero-order chi connectivity index (χ0) is 17.4. The lowest BCUT2D eigenvalue weighted by Gasteiger charge is -2.48. The zero-order valence-corrected chi connectivity index (χ0v) is 15.1. The van der Waals surface area contributed by atoms with E-state index in [9.17, 15) is 4.79 Å². The van der Waals surface area contributed by atoms with E-state index in [0.29, 0.717) is 18.4 Å². The number of hydrogen-bond donors (Lipinski definition) is 0. The predicted octanol–water partition coefficient (Wildman–Crippen LogP) is 3.21. The third kappa shape index (κ3) is 2.82. The fourth-order valence-corrected chi connectivity index (χ4v) is 5.01. The smallest absolute Gasteiger partial charge is 0.409 e. The summed E-state index contributed by atoms with van der Waals surface area (Å²) in [6.45, 7) is 3.43. The molecule has 25 heavy (non-hydrogen) atoms. The van der Waals surface area contributed by atoms with E-state index >= 15 is 0 Å². The minimum absolute atomic E-state index is 0.106. The monoisotopic (exact) mass is 349 g/mol. The molecule has 3 heterocycles. The first kappa shape index (κ1) is 16.8. The van der Waals surface area contributed by atoms with Gasteiger partial charge in [0.25, 0.3) is 5.89 Å². The zero-order valence-electron chi connectivity index (χ0n) is 15.1. The van der Waals surface area contributed by atoms with Crippen molar-refractivity contribution in [3.05, 3.63) is 11.7 Å². The number of nitrogens with zero attached hydrogens (tertiary/aromatic N) is 3. The SMILES string of the molecule is CCOC1(c2nc(C3CC4CCC3N(C(=O)OC)C4)no2)CCCC1. The Bertz CT molecular complexity index is 626. The van der Waals surface area contributed by atoms with Gasteiger partial charge in [0.1, 0.15) is 5.60 Å². The van der Waals surface area contributed by atoms with E-state index in [-0.39, 0.29) is 18.1 Å². The quantitative estimate of drug-likeness (QED) is 0.830. The van der Waals surface area contributed by atoms with Crippen molar-refractivity contribution in [2.75, 3.05) is 20.3 Å². The molecular formula is C18H27N3O4. The number of methoxy groups -OCH3 is 1. The van der Waals surface area contributed by atoms with Crippen LogP contribution < -0.4 is 0 Å². The molecule has 1 amide bonds. The van der Waals surface area contributed by atoms with Crippen LogP contribution in [0.4, 0.5) is 4.79 Å². The maximum Gasteiger partial charge on any atom is 0.409 e. The molecule has 4 fully saturated rings. The minimum atomic E-state index is -0.407. The van der Waals surface area contributed by atoms with Gasteiger partial charge >= 0.3 is 6.09 Å². The number of amides is 1. The molecule has 3 atom stereocenters. The molecule has 2 saturated heterocycles. The van der Waals surface area contributed by atoms with Gasteiger partial charge in [0.15, 0.2) is 5.82 Å². The Morgan fingerprint density at radius 2 is 2.16 bits per heavy atom. The van der Waals surface area contributed by atoms with Gasteiger partial charge in [0.05, 0.1) is 7.11 Å². The maximum absolute atomic E-state index is 12.1. The van der Waals surface area contributed by atoms with Gasteiger partial charge in [0, 0.05) is 25.1 Å². The number of carbonyl (C=O) groups excluding carboxylic acids is 1. The maximum atomic E-state index is 12.1. The Balaban J connectivity index is 1.58. The van der Waals surface area contributed by atoms with Crippen molar-refractivity contribution >= 4 is 6.09 Å². The molecule has 1 aromatic heterocycles. The van der Waals surface area contributed by atoms with Crippen molar-refractivity contribution in [2.45, 2.75) is 69.4 Å². The van der Waals surface area contributed by atoms with E-state index in [2.05, 4.69) is 5.16 Å². The van der Waals surface area contributed by atoms with Gasteiger partial charge in [-0.15, -0.1) is 0 Å². The van der Waals surface area contributed by atoms with Gasteiger partial charge in [-0.25, -0.2) is 4.79 Å². The molecule has 0 spiro atoms. The van der Waals surface area contributed by atoms with Crippen LogP contribution in [-0.4, -0.2) is 47.4 Å².